The predicted molar refractivity (Wildman–Crippen MR) is 95.2 cm³/mol. The molecule has 0 N–H and O–H groups in total. The molecule has 9 heteroatoms. The minimum absolute atomic E-state index is 0.0884. The third kappa shape index (κ3) is 3.54. The average molecular weight is 394 g/mol. The lowest BCUT2D eigenvalue weighted by atomic mass is 10.1. The van der Waals surface area contributed by atoms with E-state index in [4.69, 9.17) is 0 Å². The number of sulfone groups is 2. The molecule has 0 saturated heterocycles. The highest BCUT2D eigenvalue weighted by atomic mass is 32.2. The summed E-state index contributed by atoms with van der Waals surface area (Å²) in [5.41, 5.74) is 1.29. The zero-order chi connectivity index (χ0) is 19.1. The highest BCUT2D eigenvalue weighted by molar-refractivity contribution is 7.91. The van der Waals surface area contributed by atoms with Gasteiger partial charge >= 0.3 is 0 Å². The van der Waals surface area contributed by atoms with E-state index in [1.54, 1.807) is 6.07 Å². The highest BCUT2D eigenvalue weighted by Gasteiger charge is 2.21. The molecule has 136 valence electrons. The number of halogens is 1. The van der Waals surface area contributed by atoms with Gasteiger partial charge in [0.05, 0.1) is 27.4 Å². The summed E-state index contributed by atoms with van der Waals surface area (Å²) in [6.07, 6.45) is 3.50. The first-order chi connectivity index (χ1) is 12.1. The van der Waals surface area contributed by atoms with E-state index in [-0.39, 0.29) is 9.79 Å². The minimum Gasteiger partial charge on any atom is -0.233 e. The Morgan fingerprint density at radius 1 is 0.885 bits per heavy atom. The van der Waals surface area contributed by atoms with E-state index in [1.165, 1.54) is 47.3 Å². The van der Waals surface area contributed by atoms with Crippen molar-refractivity contribution >= 4 is 19.7 Å². The van der Waals surface area contributed by atoms with Gasteiger partial charge in [0.25, 0.3) is 0 Å². The van der Waals surface area contributed by atoms with E-state index in [9.17, 15) is 21.2 Å². The van der Waals surface area contributed by atoms with Crippen molar-refractivity contribution in [3.05, 3.63) is 60.5 Å². The number of nitrogens with zero attached hydrogens (tertiary/aromatic N) is 2. The molecule has 3 aromatic rings. The Kier molecular flexibility index (Phi) is 4.45. The maximum atomic E-state index is 13.2. The molecule has 0 aliphatic heterocycles. The van der Waals surface area contributed by atoms with E-state index in [0.717, 1.165) is 18.6 Å². The normalized spacial score (nSPS) is 12.3. The van der Waals surface area contributed by atoms with Crippen molar-refractivity contribution in [2.75, 3.05) is 12.5 Å². The van der Waals surface area contributed by atoms with E-state index in [2.05, 4.69) is 5.10 Å². The molecule has 0 spiro atoms. The predicted octanol–water partition coefficient (Wildman–Crippen LogP) is 2.49. The zero-order valence-corrected chi connectivity index (χ0v) is 15.6. The largest absolute Gasteiger partial charge is 0.233 e. The zero-order valence-electron chi connectivity index (χ0n) is 13.9. The van der Waals surface area contributed by atoms with Gasteiger partial charge in [0.2, 0.25) is 0 Å². The molecule has 0 aliphatic rings. The molecule has 0 amide bonds. The maximum Gasteiger partial charge on any atom is 0.176 e. The van der Waals surface area contributed by atoms with E-state index >= 15 is 0 Å². The molecule has 0 unspecified atom stereocenters. The van der Waals surface area contributed by atoms with Gasteiger partial charge < -0.3 is 0 Å². The van der Waals surface area contributed by atoms with Gasteiger partial charge in [0.15, 0.2) is 19.7 Å². The van der Waals surface area contributed by atoms with Crippen molar-refractivity contribution in [2.45, 2.75) is 9.79 Å². The minimum atomic E-state index is -3.71. The van der Waals surface area contributed by atoms with Gasteiger partial charge in [-0.1, -0.05) is 6.07 Å². The Morgan fingerprint density at radius 3 is 2.12 bits per heavy atom. The van der Waals surface area contributed by atoms with Crippen LogP contribution in [0.5, 0.6) is 0 Å². The Balaban J connectivity index is 2.26. The van der Waals surface area contributed by atoms with Crippen molar-refractivity contribution in [1.29, 1.82) is 0 Å². The van der Waals surface area contributed by atoms with Crippen LogP contribution in [0.3, 0.4) is 0 Å². The number of aromatic nitrogens is 2. The Hall–Kier alpha value is -2.52. The second-order valence-electron chi connectivity index (χ2n) is 5.81. The molecular weight excluding hydrogens is 379 g/mol. The second kappa shape index (κ2) is 6.33. The molecule has 0 aliphatic carbocycles. The lowest BCUT2D eigenvalue weighted by Gasteiger charge is -2.12. The Morgan fingerprint density at radius 2 is 1.54 bits per heavy atom. The standard InChI is InChI=1S/C17H15FN2O4S2/c1-25(21,22)14-7-8-15(17(11-14)26(2,23)24)16-9-10-19-20(16)13-5-3-12(18)4-6-13/h3-11H,1-2H3. The van der Waals surface area contributed by atoms with Crippen LogP contribution in [0.4, 0.5) is 4.39 Å². The maximum absolute atomic E-state index is 13.2. The van der Waals surface area contributed by atoms with Crippen molar-refractivity contribution < 1.29 is 21.2 Å². The summed E-state index contributed by atoms with van der Waals surface area (Å²) in [7, 11) is -7.28. The lowest BCUT2D eigenvalue weighted by molar-refractivity contribution is 0.600. The van der Waals surface area contributed by atoms with E-state index in [1.807, 2.05) is 0 Å². The van der Waals surface area contributed by atoms with Crippen LogP contribution in [0.25, 0.3) is 16.9 Å². The first-order valence-corrected chi connectivity index (χ1v) is 11.2. The van der Waals surface area contributed by atoms with Crippen molar-refractivity contribution in [3.63, 3.8) is 0 Å². The number of benzene rings is 2. The number of rotatable bonds is 4. The van der Waals surface area contributed by atoms with Gasteiger partial charge in [-0.15, -0.1) is 0 Å². The summed E-state index contributed by atoms with van der Waals surface area (Å²) < 4.78 is 62.7. The lowest BCUT2D eigenvalue weighted by Crippen LogP contribution is -2.06. The van der Waals surface area contributed by atoms with E-state index < -0.39 is 25.5 Å². The first-order valence-electron chi connectivity index (χ1n) is 7.42. The fourth-order valence-electron chi connectivity index (χ4n) is 2.55. The van der Waals surface area contributed by atoms with Crippen LogP contribution >= 0.6 is 0 Å². The van der Waals surface area contributed by atoms with Crippen LogP contribution in [-0.4, -0.2) is 39.1 Å². The molecular formula is C17H15FN2O4S2. The molecule has 0 atom stereocenters. The molecule has 0 fully saturated rings. The molecule has 2 aromatic carbocycles. The van der Waals surface area contributed by atoms with Crippen molar-refractivity contribution in [2.24, 2.45) is 0 Å². The number of hydrogen-bond acceptors (Lipinski definition) is 5. The van der Waals surface area contributed by atoms with Crippen LogP contribution in [0.15, 0.2) is 64.5 Å². The number of hydrogen-bond donors (Lipinski definition) is 0. The highest BCUT2D eigenvalue weighted by Crippen LogP contribution is 2.31. The third-order valence-electron chi connectivity index (χ3n) is 3.77. The fraction of sp³-hybridized carbons (Fsp3) is 0.118. The van der Waals surface area contributed by atoms with Crippen molar-refractivity contribution in [1.82, 2.24) is 9.78 Å². The summed E-state index contributed by atoms with van der Waals surface area (Å²) in [6, 6.07) is 11.1. The summed E-state index contributed by atoms with van der Waals surface area (Å²) in [5, 5.41) is 4.17. The topological polar surface area (TPSA) is 86.1 Å². The summed E-state index contributed by atoms with van der Waals surface area (Å²) in [6.45, 7) is 0. The van der Waals surface area contributed by atoms with Gasteiger partial charge in [-0.2, -0.15) is 5.10 Å². The Labute approximate surface area is 150 Å². The summed E-state index contributed by atoms with van der Waals surface area (Å²) in [5.74, 6) is -0.406. The molecule has 6 nitrogen and oxygen atoms in total. The van der Waals surface area contributed by atoms with Crippen LogP contribution in [0.2, 0.25) is 0 Å². The molecule has 0 saturated carbocycles. The molecule has 1 heterocycles. The molecule has 0 radical (unpaired) electrons. The molecule has 3 rings (SSSR count). The van der Waals surface area contributed by atoms with E-state index in [0.29, 0.717) is 16.9 Å². The van der Waals surface area contributed by atoms with Gasteiger partial charge in [-0.25, -0.2) is 25.9 Å². The summed E-state index contributed by atoms with van der Waals surface area (Å²) in [4.78, 5) is -0.209. The quantitative estimate of drug-likeness (QED) is 0.679. The first kappa shape index (κ1) is 18.3. The second-order valence-corrected chi connectivity index (χ2v) is 9.81. The summed E-state index contributed by atoms with van der Waals surface area (Å²) >= 11 is 0. The van der Waals surface area contributed by atoms with Crippen LogP contribution in [0.1, 0.15) is 0 Å². The van der Waals surface area contributed by atoms with Crippen LogP contribution in [0, 0.1) is 5.82 Å². The van der Waals surface area contributed by atoms with Crippen LogP contribution in [-0.2, 0) is 19.7 Å². The van der Waals surface area contributed by atoms with Crippen LogP contribution < -0.4 is 0 Å². The average Bonchev–Trinajstić information content (AvgIpc) is 3.02. The Bertz CT molecular complexity index is 1180. The smallest absolute Gasteiger partial charge is 0.176 e. The molecule has 26 heavy (non-hydrogen) atoms. The monoisotopic (exact) mass is 394 g/mol. The van der Waals surface area contributed by atoms with Gasteiger partial charge in [-0.3, -0.25) is 0 Å². The third-order valence-corrected chi connectivity index (χ3v) is 6.02. The fourth-order valence-corrected chi connectivity index (χ4v) is 4.18. The van der Waals surface area contributed by atoms with Gasteiger partial charge in [0.1, 0.15) is 5.82 Å². The van der Waals surface area contributed by atoms with Crippen molar-refractivity contribution in [3.8, 4) is 16.9 Å². The molecule has 1 aromatic heterocycles. The SMILES string of the molecule is CS(=O)(=O)c1ccc(-c2ccnn2-c2ccc(F)cc2)c(S(C)(=O)=O)c1. The van der Waals surface area contributed by atoms with Gasteiger partial charge in [-0.05, 0) is 42.5 Å². The van der Waals surface area contributed by atoms with Gasteiger partial charge in [0, 0.05) is 18.1 Å². The molecule has 0 bridgehead atoms.